The monoisotopic (exact) mass is 286 g/mol. The van der Waals surface area contributed by atoms with E-state index < -0.39 is 0 Å². The number of likely N-dealkylation sites (tertiary alicyclic amines) is 2. The normalized spacial score (nSPS) is 33.7. The molecule has 0 aromatic rings. The van der Waals surface area contributed by atoms with Crippen molar-refractivity contribution in [3.8, 4) is 0 Å². The smallest absolute Gasteiger partial charge is 0.0277 e. The topological polar surface area (TPSA) is 6.48 Å². The summed E-state index contributed by atoms with van der Waals surface area (Å²) in [5.74, 6) is 5.48. The fourth-order valence-electron chi connectivity index (χ4n) is 3.54. The highest BCUT2D eigenvalue weighted by atomic mass is 32.2. The lowest BCUT2D eigenvalue weighted by molar-refractivity contribution is 0.0970. The quantitative estimate of drug-likeness (QED) is 0.768. The van der Waals surface area contributed by atoms with Crippen LogP contribution in [-0.2, 0) is 0 Å². The van der Waals surface area contributed by atoms with E-state index >= 15 is 0 Å². The van der Waals surface area contributed by atoms with Crippen LogP contribution in [0.2, 0.25) is 0 Å². The van der Waals surface area contributed by atoms with Crippen molar-refractivity contribution < 1.29 is 0 Å². The molecule has 18 heavy (non-hydrogen) atoms. The van der Waals surface area contributed by atoms with Crippen LogP contribution >= 0.6 is 23.5 Å². The molecule has 1 unspecified atom stereocenters. The summed E-state index contributed by atoms with van der Waals surface area (Å²) < 4.78 is 0. The summed E-state index contributed by atoms with van der Waals surface area (Å²) in [6.45, 7) is 5.45. The average molecular weight is 287 g/mol. The van der Waals surface area contributed by atoms with Crippen molar-refractivity contribution in [3.05, 3.63) is 0 Å². The van der Waals surface area contributed by atoms with Gasteiger partial charge in [0.05, 0.1) is 0 Å². The van der Waals surface area contributed by atoms with Crippen LogP contribution in [0, 0.1) is 0 Å². The highest BCUT2D eigenvalue weighted by Gasteiger charge is 2.30. The van der Waals surface area contributed by atoms with E-state index in [0.29, 0.717) is 0 Å². The Morgan fingerprint density at radius 2 is 1.39 bits per heavy atom. The predicted molar refractivity (Wildman–Crippen MR) is 83.8 cm³/mol. The maximum absolute atomic E-state index is 2.82. The molecule has 4 heteroatoms. The number of hydrogen-bond acceptors (Lipinski definition) is 4. The minimum Gasteiger partial charge on any atom is -0.299 e. The molecule has 3 fully saturated rings. The van der Waals surface area contributed by atoms with Crippen LogP contribution in [0.25, 0.3) is 0 Å². The Hall–Kier alpha value is 0.620. The Labute approximate surface area is 120 Å². The molecule has 104 valence electrons. The SMILES string of the molecule is C1CCN(C2CCCN(C3CSCCSC3)C2)C1. The van der Waals surface area contributed by atoms with Gasteiger partial charge in [0.1, 0.15) is 0 Å². The molecule has 0 aliphatic carbocycles. The van der Waals surface area contributed by atoms with Crippen molar-refractivity contribution in [3.63, 3.8) is 0 Å². The summed E-state index contributed by atoms with van der Waals surface area (Å²) in [5, 5.41) is 0. The van der Waals surface area contributed by atoms with Gasteiger partial charge in [0.2, 0.25) is 0 Å². The molecule has 0 aromatic carbocycles. The molecule has 3 aliphatic heterocycles. The summed E-state index contributed by atoms with van der Waals surface area (Å²) in [7, 11) is 0. The first-order valence-corrected chi connectivity index (χ1v) is 9.88. The van der Waals surface area contributed by atoms with Gasteiger partial charge in [-0.15, -0.1) is 0 Å². The van der Waals surface area contributed by atoms with E-state index in [2.05, 4.69) is 33.3 Å². The summed E-state index contributed by atoms with van der Waals surface area (Å²) in [6.07, 6.45) is 5.74. The van der Waals surface area contributed by atoms with Crippen LogP contribution < -0.4 is 0 Å². The summed E-state index contributed by atoms with van der Waals surface area (Å²) in [5.41, 5.74) is 0. The molecule has 0 radical (unpaired) electrons. The Morgan fingerprint density at radius 1 is 0.722 bits per heavy atom. The van der Waals surface area contributed by atoms with Gasteiger partial charge in [-0.3, -0.25) is 9.80 Å². The van der Waals surface area contributed by atoms with Crippen LogP contribution in [-0.4, -0.2) is 71.1 Å². The number of hydrogen-bond donors (Lipinski definition) is 0. The number of thioether (sulfide) groups is 2. The number of rotatable bonds is 2. The first kappa shape index (κ1) is 13.6. The molecule has 0 bridgehead atoms. The van der Waals surface area contributed by atoms with Crippen LogP contribution in [0.4, 0.5) is 0 Å². The lowest BCUT2D eigenvalue weighted by atomic mass is 10.0. The second-order valence-electron chi connectivity index (χ2n) is 5.84. The third kappa shape index (κ3) is 3.38. The van der Waals surface area contributed by atoms with Gasteiger partial charge in [-0.1, -0.05) is 0 Å². The molecule has 3 aliphatic rings. The molecule has 0 saturated carbocycles. The Balaban J connectivity index is 1.55. The van der Waals surface area contributed by atoms with Crippen LogP contribution in [0.5, 0.6) is 0 Å². The first-order valence-electron chi connectivity index (χ1n) is 7.57. The summed E-state index contributed by atoms with van der Waals surface area (Å²) in [4.78, 5) is 5.58. The molecule has 2 nitrogen and oxygen atoms in total. The van der Waals surface area contributed by atoms with E-state index in [1.54, 1.807) is 0 Å². The standard InChI is InChI=1S/C14H26N2S2/c1-2-6-15(5-1)13-4-3-7-16(10-13)14-11-17-8-9-18-12-14/h13-14H,1-12H2. The van der Waals surface area contributed by atoms with E-state index in [0.717, 1.165) is 12.1 Å². The van der Waals surface area contributed by atoms with Crippen LogP contribution in [0.15, 0.2) is 0 Å². The number of nitrogens with zero attached hydrogens (tertiary/aromatic N) is 2. The largest absolute Gasteiger partial charge is 0.299 e. The molecule has 3 rings (SSSR count). The molecule has 0 aromatic heterocycles. The van der Waals surface area contributed by atoms with E-state index in [1.165, 1.54) is 74.9 Å². The van der Waals surface area contributed by atoms with E-state index in [-0.39, 0.29) is 0 Å². The van der Waals surface area contributed by atoms with Crippen molar-refractivity contribution >= 4 is 23.5 Å². The zero-order valence-electron chi connectivity index (χ0n) is 11.4. The highest BCUT2D eigenvalue weighted by molar-refractivity contribution is 8.03. The van der Waals surface area contributed by atoms with Gasteiger partial charge in [-0.05, 0) is 45.3 Å². The third-order valence-corrected chi connectivity index (χ3v) is 7.08. The molecular formula is C14H26N2S2. The van der Waals surface area contributed by atoms with Crippen molar-refractivity contribution in [1.82, 2.24) is 9.80 Å². The van der Waals surface area contributed by atoms with Gasteiger partial charge in [0.15, 0.2) is 0 Å². The second kappa shape index (κ2) is 6.87. The molecule has 0 N–H and O–H groups in total. The van der Waals surface area contributed by atoms with E-state index in [4.69, 9.17) is 0 Å². The number of piperidine rings is 1. The maximum Gasteiger partial charge on any atom is 0.0277 e. The molecule has 3 saturated heterocycles. The van der Waals surface area contributed by atoms with Gasteiger partial charge < -0.3 is 0 Å². The summed E-state index contributed by atoms with van der Waals surface area (Å²) >= 11 is 4.35. The first-order chi connectivity index (χ1) is 8.93. The Kier molecular flexibility index (Phi) is 5.19. The average Bonchev–Trinajstić information content (AvgIpc) is 2.82. The predicted octanol–water partition coefficient (Wildman–Crippen LogP) is 2.40. The zero-order chi connectivity index (χ0) is 12.2. The zero-order valence-corrected chi connectivity index (χ0v) is 13.0. The van der Waals surface area contributed by atoms with Crippen LogP contribution in [0.1, 0.15) is 25.7 Å². The van der Waals surface area contributed by atoms with E-state index in [1.807, 2.05) is 0 Å². The Morgan fingerprint density at radius 3 is 2.11 bits per heavy atom. The van der Waals surface area contributed by atoms with Crippen molar-refractivity contribution in [1.29, 1.82) is 0 Å². The van der Waals surface area contributed by atoms with E-state index in [9.17, 15) is 0 Å². The van der Waals surface area contributed by atoms with Crippen molar-refractivity contribution in [2.75, 3.05) is 49.2 Å². The maximum atomic E-state index is 2.82. The molecule has 0 spiro atoms. The molecule has 0 amide bonds. The second-order valence-corrected chi connectivity index (χ2v) is 8.14. The fraction of sp³-hybridized carbons (Fsp3) is 1.00. The minimum atomic E-state index is 0.855. The molecular weight excluding hydrogens is 260 g/mol. The highest BCUT2D eigenvalue weighted by Crippen LogP contribution is 2.26. The molecule has 3 heterocycles. The van der Waals surface area contributed by atoms with Gasteiger partial charge in [-0.25, -0.2) is 0 Å². The summed E-state index contributed by atoms with van der Waals surface area (Å²) in [6, 6.07) is 1.73. The van der Waals surface area contributed by atoms with Gasteiger partial charge in [-0.2, -0.15) is 23.5 Å². The van der Waals surface area contributed by atoms with Crippen LogP contribution in [0.3, 0.4) is 0 Å². The molecule has 1 atom stereocenters. The van der Waals surface area contributed by atoms with Gasteiger partial charge in [0.25, 0.3) is 0 Å². The van der Waals surface area contributed by atoms with Crippen molar-refractivity contribution in [2.45, 2.75) is 37.8 Å². The Bertz CT molecular complexity index is 248. The van der Waals surface area contributed by atoms with Gasteiger partial charge >= 0.3 is 0 Å². The minimum absolute atomic E-state index is 0.855. The van der Waals surface area contributed by atoms with Crippen molar-refractivity contribution in [2.24, 2.45) is 0 Å². The lowest BCUT2D eigenvalue weighted by Crippen LogP contribution is -2.51. The fourth-order valence-corrected chi connectivity index (χ4v) is 6.16. The lowest BCUT2D eigenvalue weighted by Gasteiger charge is -2.41. The third-order valence-electron chi connectivity index (χ3n) is 4.59. The van der Waals surface area contributed by atoms with Gasteiger partial charge in [0, 0.05) is 41.6 Å².